The number of hydrogen-bond acceptors (Lipinski definition) is 2. The number of carbonyl (C=O) groups excluding carboxylic acids is 1. The van der Waals surface area contributed by atoms with Gasteiger partial charge in [-0.15, -0.1) is 0 Å². The molecule has 0 saturated heterocycles. The highest BCUT2D eigenvalue weighted by atomic mass is 79.9. The molecule has 1 amide bonds. The molecular weight excluding hydrogens is 361 g/mol. The van der Waals surface area contributed by atoms with Crippen molar-refractivity contribution < 1.29 is 9.18 Å². The molecule has 0 aliphatic heterocycles. The van der Waals surface area contributed by atoms with Crippen molar-refractivity contribution >= 4 is 27.7 Å². The molecule has 3 aromatic rings. The number of nitrogens with one attached hydrogen (secondary N) is 1. The Labute approximate surface area is 141 Å². The Morgan fingerprint density at radius 3 is 2.48 bits per heavy atom. The molecule has 0 bridgehead atoms. The van der Waals surface area contributed by atoms with E-state index >= 15 is 0 Å². The van der Waals surface area contributed by atoms with Crippen LogP contribution in [0.15, 0.2) is 65.3 Å². The van der Waals surface area contributed by atoms with Crippen LogP contribution < -0.4 is 5.32 Å². The van der Waals surface area contributed by atoms with Crippen LogP contribution in [-0.4, -0.2) is 15.7 Å². The lowest BCUT2D eigenvalue weighted by molar-refractivity contribution is 0.102. The van der Waals surface area contributed by atoms with Crippen LogP contribution in [0, 0.1) is 5.82 Å². The van der Waals surface area contributed by atoms with Crippen molar-refractivity contribution in [2.75, 3.05) is 5.32 Å². The third-order valence-electron chi connectivity index (χ3n) is 3.25. The molecule has 0 radical (unpaired) electrons. The fraction of sp³-hybridized carbons (Fsp3) is 0.0588. The number of nitrogens with zero attached hydrogens (tertiary/aromatic N) is 2. The smallest absolute Gasteiger partial charge is 0.256 e. The Bertz CT molecular complexity index is 813. The molecule has 0 aliphatic rings. The second-order valence-electron chi connectivity index (χ2n) is 4.99. The topological polar surface area (TPSA) is 46.9 Å². The van der Waals surface area contributed by atoms with Crippen LogP contribution in [0.3, 0.4) is 0 Å². The van der Waals surface area contributed by atoms with Crippen molar-refractivity contribution in [1.29, 1.82) is 0 Å². The molecular formula is C17H13BrFN3O. The highest BCUT2D eigenvalue weighted by molar-refractivity contribution is 9.10. The zero-order chi connectivity index (χ0) is 16.2. The van der Waals surface area contributed by atoms with Crippen molar-refractivity contribution in [3.8, 4) is 0 Å². The molecule has 0 spiro atoms. The van der Waals surface area contributed by atoms with E-state index in [2.05, 4.69) is 26.3 Å². The lowest BCUT2D eigenvalue weighted by Gasteiger charge is -2.03. The van der Waals surface area contributed by atoms with Gasteiger partial charge in [0.1, 0.15) is 5.82 Å². The molecule has 6 heteroatoms. The zero-order valence-electron chi connectivity index (χ0n) is 12.0. The lowest BCUT2D eigenvalue weighted by Crippen LogP contribution is -2.12. The van der Waals surface area contributed by atoms with Crippen molar-refractivity contribution in [3.05, 3.63) is 82.2 Å². The Morgan fingerprint density at radius 1 is 1.09 bits per heavy atom. The minimum atomic E-state index is -0.267. The van der Waals surface area contributed by atoms with Crippen LogP contribution in [0.5, 0.6) is 0 Å². The Hall–Kier alpha value is -2.47. The highest BCUT2D eigenvalue weighted by Gasteiger charge is 2.08. The van der Waals surface area contributed by atoms with E-state index in [1.807, 2.05) is 12.1 Å². The van der Waals surface area contributed by atoms with Gasteiger partial charge in [-0.25, -0.2) is 4.39 Å². The van der Waals surface area contributed by atoms with E-state index in [1.165, 1.54) is 12.1 Å². The summed E-state index contributed by atoms with van der Waals surface area (Å²) in [5.41, 5.74) is 1.49. The normalized spacial score (nSPS) is 10.5. The number of benzene rings is 2. The van der Waals surface area contributed by atoms with Crippen LogP contribution in [0.2, 0.25) is 0 Å². The Morgan fingerprint density at radius 2 is 1.78 bits per heavy atom. The molecule has 2 aromatic carbocycles. The monoisotopic (exact) mass is 373 g/mol. The summed E-state index contributed by atoms with van der Waals surface area (Å²) in [6, 6.07) is 15.0. The van der Waals surface area contributed by atoms with Crippen LogP contribution in [-0.2, 0) is 6.54 Å². The number of carbonyl (C=O) groups is 1. The maximum atomic E-state index is 12.9. The SMILES string of the molecule is O=C(Nc1ccn(Cc2ccc(F)cc2)n1)c1ccc(Br)cc1. The van der Waals surface area contributed by atoms with Crippen LogP contribution in [0.1, 0.15) is 15.9 Å². The molecule has 3 rings (SSSR count). The molecule has 0 unspecified atom stereocenters. The van der Waals surface area contributed by atoms with E-state index in [0.717, 1.165) is 10.0 Å². The number of hydrogen-bond donors (Lipinski definition) is 1. The van der Waals surface area contributed by atoms with Crippen molar-refractivity contribution in [2.45, 2.75) is 6.54 Å². The van der Waals surface area contributed by atoms with Gasteiger partial charge >= 0.3 is 0 Å². The minimum Gasteiger partial charge on any atom is -0.305 e. The third kappa shape index (κ3) is 4.04. The van der Waals surface area contributed by atoms with Crippen molar-refractivity contribution in [1.82, 2.24) is 9.78 Å². The van der Waals surface area contributed by atoms with E-state index in [0.29, 0.717) is 17.9 Å². The first kappa shape index (κ1) is 15.4. The van der Waals surface area contributed by atoms with Gasteiger partial charge in [-0.05, 0) is 42.0 Å². The van der Waals surface area contributed by atoms with Gasteiger partial charge in [0.25, 0.3) is 5.91 Å². The Kier molecular flexibility index (Phi) is 4.52. The standard InChI is InChI=1S/C17H13BrFN3O/c18-14-5-3-13(4-6-14)17(23)20-16-9-10-22(21-16)11-12-1-7-15(19)8-2-12/h1-10H,11H2,(H,20,21,23). The van der Waals surface area contributed by atoms with E-state index in [-0.39, 0.29) is 11.7 Å². The maximum absolute atomic E-state index is 12.9. The molecule has 116 valence electrons. The van der Waals surface area contributed by atoms with E-state index in [9.17, 15) is 9.18 Å². The van der Waals surface area contributed by atoms with Crippen molar-refractivity contribution in [3.63, 3.8) is 0 Å². The second-order valence-corrected chi connectivity index (χ2v) is 5.90. The third-order valence-corrected chi connectivity index (χ3v) is 3.78. The molecule has 23 heavy (non-hydrogen) atoms. The lowest BCUT2D eigenvalue weighted by atomic mass is 10.2. The summed E-state index contributed by atoms with van der Waals surface area (Å²) in [7, 11) is 0. The number of rotatable bonds is 4. The summed E-state index contributed by atoms with van der Waals surface area (Å²) in [4.78, 5) is 12.1. The molecule has 0 atom stereocenters. The first-order valence-corrected chi connectivity index (χ1v) is 7.74. The van der Waals surface area contributed by atoms with Crippen LogP contribution in [0.4, 0.5) is 10.2 Å². The fourth-order valence-corrected chi connectivity index (χ4v) is 2.35. The molecule has 1 N–H and O–H groups in total. The van der Waals surface area contributed by atoms with Gasteiger partial charge in [0.15, 0.2) is 5.82 Å². The average Bonchev–Trinajstić information content (AvgIpc) is 2.97. The summed E-state index contributed by atoms with van der Waals surface area (Å²) in [6.45, 7) is 0.508. The molecule has 4 nitrogen and oxygen atoms in total. The Balaban J connectivity index is 1.66. The molecule has 0 fully saturated rings. The van der Waals surface area contributed by atoms with Crippen LogP contribution in [0.25, 0.3) is 0 Å². The first-order valence-electron chi connectivity index (χ1n) is 6.95. The van der Waals surface area contributed by atoms with Crippen molar-refractivity contribution in [2.24, 2.45) is 0 Å². The maximum Gasteiger partial charge on any atom is 0.256 e. The second kappa shape index (κ2) is 6.75. The average molecular weight is 374 g/mol. The molecule has 0 saturated carbocycles. The van der Waals surface area contributed by atoms with Gasteiger partial charge in [-0.1, -0.05) is 28.1 Å². The number of halogens is 2. The predicted octanol–water partition coefficient (Wildman–Crippen LogP) is 4.09. The molecule has 1 aromatic heterocycles. The van der Waals surface area contributed by atoms with E-state index < -0.39 is 0 Å². The van der Waals surface area contributed by atoms with Gasteiger partial charge < -0.3 is 5.32 Å². The molecule has 1 heterocycles. The van der Waals surface area contributed by atoms with Gasteiger partial charge in [-0.3, -0.25) is 9.48 Å². The number of aromatic nitrogens is 2. The van der Waals surface area contributed by atoms with Gasteiger partial charge in [0.05, 0.1) is 6.54 Å². The van der Waals surface area contributed by atoms with Gasteiger partial charge in [-0.2, -0.15) is 5.10 Å². The van der Waals surface area contributed by atoms with Crippen LogP contribution >= 0.6 is 15.9 Å². The first-order chi connectivity index (χ1) is 11.1. The fourth-order valence-electron chi connectivity index (χ4n) is 2.08. The largest absolute Gasteiger partial charge is 0.305 e. The molecule has 0 aliphatic carbocycles. The summed E-state index contributed by atoms with van der Waals surface area (Å²) in [5.74, 6) is -0.0128. The summed E-state index contributed by atoms with van der Waals surface area (Å²) < 4.78 is 15.5. The number of anilines is 1. The summed E-state index contributed by atoms with van der Waals surface area (Å²) in [5, 5.41) is 7.04. The zero-order valence-corrected chi connectivity index (χ0v) is 13.6. The summed E-state index contributed by atoms with van der Waals surface area (Å²) >= 11 is 3.33. The van der Waals surface area contributed by atoms with Gasteiger partial charge in [0.2, 0.25) is 0 Å². The minimum absolute atomic E-state index is 0.218. The van der Waals surface area contributed by atoms with Gasteiger partial charge in [0, 0.05) is 22.3 Å². The van der Waals surface area contributed by atoms with E-state index in [4.69, 9.17) is 0 Å². The number of amides is 1. The highest BCUT2D eigenvalue weighted by Crippen LogP contribution is 2.13. The predicted molar refractivity (Wildman–Crippen MR) is 89.8 cm³/mol. The quantitative estimate of drug-likeness (QED) is 0.748. The summed E-state index contributed by atoms with van der Waals surface area (Å²) in [6.07, 6.45) is 1.76. The van der Waals surface area contributed by atoms with E-state index in [1.54, 1.807) is 41.2 Å².